The molecule has 7 nitrogen and oxygen atoms in total. The van der Waals surface area contributed by atoms with Crippen LogP contribution >= 0.6 is 0 Å². The molecule has 2 amide bonds. The van der Waals surface area contributed by atoms with Gasteiger partial charge in [-0.05, 0) is 37.6 Å². The number of carbonyl (C=O) groups is 3. The van der Waals surface area contributed by atoms with E-state index in [1.54, 1.807) is 0 Å². The van der Waals surface area contributed by atoms with E-state index in [2.05, 4.69) is 5.32 Å². The maximum atomic E-state index is 14.0. The second-order valence-corrected chi connectivity index (χ2v) is 5.98. The van der Waals surface area contributed by atoms with Crippen molar-refractivity contribution >= 4 is 23.5 Å². The third kappa shape index (κ3) is 3.44. The monoisotopic (exact) mass is 360 g/mol. The van der Waals surface area contributed by atoms with Crippen LogP contribution in [0.2, 0.25) is 0 Å². The summed E-state index contributed by atoms with van der Waals surface area (Å²) >= 11 is 0. The number of aryl methyl sites for hydroxylation is 1. The highest BCUT2D eigenvalue weighted by atomic mass is 19.1. The first kappa shape index (κ1) is 17.7. The molecule has 2 heterocycles. The average molecular weight is 360 g/mol. The Kier molecular flexibility index (Phi) is 4.75. The lowest BCUT2D eigenvalue weighted by Gasteiger charge is -2.16. The lowest BCUT2D eigenvalue weighted by molar-refractivity contribution is -0.117. The van der Waals surface area contributed by atoms with E-state index in [-0.39, 0.29) is 35.1 Å². The molecule has 2 aromatic rings. The Labute approximate surface area is 148 Å². The predicted octanol–water partition coefficient (Wildman–Crippen LogP) is 2.48. The number of aromatic carboxylic acids is 1. The maximum Gasteiger partial charge on any atom is 0.339 e. The third-order valence-electron chi connectivity index (χ3n) is 4.20. The Bertz CT molecular complexity index is 890. The fourth-order valence-electron chi connectivity index (χ4n) is 2.88. The SMILES string of the molecule is Cc1oc(CNC(=O)c2cc(N3CCCC3=O)ccc2F)cc1C(=O)O. The van der Waals surface area contributed by atoms with Crippen LogP contribution in [-0.4, -0.2) is 29.4 Å². The van der Waals surface area contributed by atoms with Crippen LogP contribution in [0.5, 0.6) is 0 Å². The van der Waals surface area contributed by atoms with E-state index in [9.17, 15) is 18.8 Å². The molecule has 1 saturated heterocycles. The van der Waals surface area contributed by atoms with E-state index >= 15 is 0 Å². The number of carboxylic acid groups (broad SMARTS) is 1. The first-order valence-electron chi connectivity index (χ1n) is 8.07. The molecule has 136 valence electrons. The average Bonchev–Trinajstić information content (AvgIpc) is 3.19. The smallest absolute Gasteiger partial charge is 0.339 e. The number of hydrogen-bond acceptors (Lipinski definition) is 4. The second kappa shape index (κ2) is 6.99. The summed E-state index contributed by atoms with van der Waals surface area (Å²) in [5, 5.41) is 11.5. The van der Waals surface area contributed by atoms with Gasteiger partial charge in [0.15, 0.2) is 0 Å². The van der Waals surface area contributed by atoms with Crippen LogP contribution in [0.4, 0.5) is 10.1 Å². The minimum absolute atomic E-state index is 0.00923. The molecule has 8 heteroatoms. The van der Waals surface area contributed by atoms with Gasteiger partial charge in [-0.15, -0.1) is 0 Å². The number of nitrogens with one attached hydrogen (secondary N) is 1. The zero-order valence-corrected chi connectivity index (χ0v) is 14.0. The number of carboxylic acids is 1. The van der Waals surface area contributed by atoms with Crippen molar-refractivity contribution in [3.05, 3.63) is 52.7 Å². The van der Waals surface area contributed by atoms with E-state index < -0.39 is 17.7 Å². The second-order valence-electron chi connectivity index (χ2n) is 5.98. The zero-order chi connectivity index (χ0) is 18.8. The molecular formula is C18H17FN2O5. The van der Waals surface area contributed by atoms with Gasteiger partial charge in [-0.2, -0.15) is 0 Å². The molecule has 1 fully saturated rings. The standard InChI is InChI=1S/C18H17FN2O5/c1-10-13(18(24)25)8-12(26-10)9-20-17(23)14-7-11(4-5-15(14)19)21-6-2-3-16(21)22/h4-5,7-8H,2-3,6,9H2,1H3,(H,20,23)(H,24,25). The van der Waals surface area contributed by atoms with Crippen LogP contribution in [0.25, 0.3) is 0 Å². The molecule has 1 aliphatic heterocycles. The molecule has 2 N–H and O–H groups in total. The number of anilines is 1. The highest BCUT2D eigenvalue weighted by molar-refractivity contribution is 5.99. The van der Waals surface area contributed by atoms with Gasteiger partial charge in [0.05, 0.1) is 12.1 Å². The van der Waals surface area contributed by atoms with Crippen LogP contribution in [0.1, 0.15) is 45.1 Å². The van der Waals surface area contributed by atoms with Crippen LogP contribution < -0.4 is 10.2 Å². The van der Waals surface area contributed by atoms with Crippen LogP contribution in [0, 0.1) is 12.7 Å². The maximum absolute atomic E-state index is 14.0. The molecule has 0 unspecified atom stereocenters. The van der Waals surface area contributed by atoms with E-state index in [0.29, 0.717) is 18.7 Å². The van der Waals surface area contributed by atoms with Crippen molar-refractivity contribution in [3.63, 3.8) is 0 Å². The molecule has 3 rings (SSSR count). The summed E-state index contributed by atoms with van der Waals surface area (Å²) in [4.78, 5) is 36.6. The number of hydrogen-bond donors (Lipinski definition) is 2. The predicted molar refractivity (Wildman–Crippen MR) is 89.6 cm³/mol. The van der Waals surface area contributed by atoms with Crippen LogP contribution in [-0.2, 0) is 11.3 Å². The summed E-state index contributed by atoms with van der Waals surface area (Å²) < 4.78 is 19.3. The number of rotatable bonds is 5. The minimum Gasteiger partial charge on any atom is -0.478 e. The van der Waals surface area contributed by atoms with Gasteiger partial charge in [-0.1, -0.05) is 0 Å². The molecule has 0 bridgehead atoms. The summed E-state index contributed by atoms with van der Waals surface area (Å²) in [6.45, 7) is 1.96. The van der Waals surface area contributed by atoms with Crippen molar-refractivity contribution in [2.45, 2.75) is 26.3 Å². The zero-order valence-electron chi connectivity index (χ0n) is 14.0. The Balaban J connectivity index is 1.74. The summed E-state index contributed by atoms with van der Waals surface area (Å²) in [6.07, 6.45) is 1.16. The highest BCUT2D eigenvalue weighted by Gasteiger charge is 2.23. The van der Waals surface area contributed by atoms with Gasteiger partial charge in [0, 0.05) is 18.7 Å². The van der Waals surface area contributed by atoms with Gasteiger partial charge in [0.1, 0.15) is 22.9 Å². The molecule has 1 aliphatic rings. The van der Waals surface area contributed by atoms with E-state index in [1.807, 2.05) is 0 Å². The number of benzene rings is 1. The highest BCUT2D eigenvalue weighted by Crippen LogP contribution is 2.24. The van der Waals surface area contributed by atoms with Gasteiger partial charge in [0.25, 0.3) is 5.91 Å². The normalized spacial score (nSPS) is 13.9. The van der Waals surface area contributed by atoms with E-state index in [1.165, 1.54) is 30.0 Å². The molecule has 1 aromatic heterocycles. The number of halogens is 1. The summed E-state index contributed by atoms with van der Waals surface area (Å²) in [6, 6.07) is 5.26. The summed E-state index contributed by atoms with van der Waals surface area (Å²) in [5.41, 5.74) is 0.292. The molecule has 0 spiro atoms. The lowest BCUT2D eigenvalue weighted by atomic mass is 10.1. The Hall–Kier alpha value is -3.16. The number of furan rings is 1. The molecule has 0 radical (unpaired) electrons. The van der Waals surface area contributed by atoms with Gasteiger partial charge < -0.3 is 19.7 Å². The number of nitrogens with zero attached hydrogens (tertiary/aromatic N) is 1. The third-order valence-corrected chi connectivity index (χ3v) is 4.20. The molecular weight excluding hydrogens is 343 g/mol. The van der Waals surface area contributed by atoms with Crippen molar-refractivity contribution in [1.29, 1.82) is 0 Å². The van der Waals surface area contributed by atoms with Crippen molar-refractivity contribution in [1.82, 2.24) is 5.32 Å². The van der Waals surface area contributed by atoms with Crippen molar-refractivity contribution < 1.29 is 28.3 Å². The van der Waals surface area contributed by atoms with Gasteiger partial charge in [-0.25, -0.2) is 9.18 Å². The van der Waals surface area contributed by atoms with Crippen molar-refractivity contribution in [2.24, 2.45) is 0 Å². The van der Waals surface area contributed by atoms with Crippen LogP contribution in [0.15, 0.2) is 28.7 Å². The van der Waals surface area contributed by atoms with Gasteiger partial charge >= 0.3 is 5.97 Å². The lowest BCUT2D eigenvalue weighted by Crippen LogP contribution is -2.26. The van der Waals surface area contributed by atoms with Crippen molar-refractivity contribution in [3.8, 4) is 0 Å². The molecule has 1 aromatic carbocycles. The van der Waals surface area contributed by atoms with E-state index in [4.69, 9.17) is 9.52 Å². The Morgan fingerprint density at radius 2 is 2.08 bits per heavy atom. The van der Waals surface area contributed by atoms with E-state index in [0.717, 1.165) is 12.5 Å². The first-order valence-corrected chi connectivity index (χ1v) is 8.07. The molecule has 26 heavy (non-hydrogen) atoms. The van der Waals surface area contributed by atoms with Crippen molar-refractivity contribution in [2.75, 3.05) is 11.4 Å². The molecule has 0 saturated carbocycles. The number of carbonyl (C=O) groups excluding carboxylic acids is 2. The first-order chi connectivity index (χ1) is 12.4. The minimum atomic E-state index is -1.13. The number of amides is 2. The quantitative estimate of drug-likeness (QED) is 0.853. The largest absolute Gasteiger partial charge is 0.478 e. The fourth-order valence-corrected chi connectivity index (χ4v) is 2.88. The fraction of sp³-hybridized carbons (Fsp3) is 0.278. The Morgan fingerprint density at radius 3 is 2.69 bits per heavy atom. The van der Waals surface area contributed by atoms with Gasteiger partial charge in [0.2, 0.25) is 5.91 Å². The molecule has 0 atom stereocenters. The Morgan fingerprint density at radius 1 is 1.31 bits per heavy atom. The summed E-state index contributed by atoms with van der Waals surface area (Å²) in [5.74, 6) is -2.10. The van der Waals surface area contributed by atoms with Crippen LogP contribution in [0.3, 0.4) is 0 Å². The molecule has 0 aliphatic carbocycles. The van der Waals surface area contributed by atoms with Gasteiger partial charge in [-0.3, -0.25) is 9.59 Å². The summed E-state index contributed by atoms with van der Waals surface area (Å²) in [7, 11) is 0. The topological polar surface area (TPSA) is 99.9 Å².